The zero-order chi connectivity index (χ0) is 10.7. The highest BCUT2D eigenvalue weighted by Crippen LogP contribution is 2.14. The summed E-state index contributed by atoms with van der Waals surface area (Å²) in [7, 11) is 0. The summed E-state index contributed by atoms with van der Waals surface area (Å²) >= 11 is 0. The van der Waals surface area contributed by atoms with Crippen LogP contribution in [0.2, 0.25) is 0 Å². The third-order valence-electron chi connectivity index (χ3n) is 2.38. The number of allylic oxidation sites excluding steroid dienone is 1. The summed E-state index contributed by atoms with van der Waals surface area (Å²) in [6.07, 6.45) is 7.36. The van der Waals surface area contributed by atoms with E-state index >= 15 is 0 Å². The molecule has 1 N–H and O–H groups in total. The number of aromatic nitrogens is 2. The van der Waals surface area contributed by atoms with Gasteiger partial charge in [-0.15, -0.1) is 0 Å². The fourth-order valence-electron chi connectivity index (χ4n) is 1.53. The topological polar surface area (TPSA) is 28.7 Å². The van der Waals surface area contributed by atoms with Gasteiger partial charge in [0.05, 0.1) is 11.7 Å². The van der Waals surface area contributed by atoms with Crippen molar-refractivity contribution in [2.75, 3.05) is 0 Å². The average molecular weight is 200 g/mol. The molecule has 0 aliphatic rings. The van der Waals surface area contributed by atoms with Crippen LogP contribution in [0.5, 0.6) is 0 Å². The minimum absolute atomic E-state index is 0.720. The monoisotopic (exact) mass is 200 g/mol. The zero-order valence-electron chi connectivity index (χ0n) is 9.20. The van der Waals surface area contributed by atoms with E-state index in [9.17, 15) is 0 Å². The van der Waals surface area contributed by atoms with Gasteiger partial charge < -0.3 is 0 Å². The fourth-order valence-corrected chi connectivity index (χ4v) is 1.53. The van der Waals surface area contributed by atoms with Crippen LogP contribution in [-0.2, 0) is 0 Å². The zero-order valence-corrected chi connectivity index (χ0v) is 9.20. The number of fused-ring (bicyclic) bond motifs is 1. The van der Waals surface area contributed by atoms with Gasteiger partial charge in [0, 0.05) is 5.39 Å². The lowest BCUT2D eigenvalue weighted by Crippen LogP contribution is -1.81. The van der Waals surface area contributed by atoms with E-state index in [0.29, 0.717) is 0 Å². The number of hydrogen-bond donors (Lipinski definition) is 1. The van der Waals surface area contributed by atoms with Gasteiger partial charge in [0.1, 0.15) is 0 Å². The van der Waals surface area contributed by atoms with Crippen molar-refractivity contribution >= 4 is 17.0 Å². The Hall–Kier alpha value is -1.57. The molecule has 15 heavy (non-hydrogen) atoms. The lowest BCUT2D eigenvalue weighted by Gasteiger charge is -1.97. The molecule has 0 amide bonds. The highest BCUT2D eigenvalue weighted by molar-refractivity contribution is 5.80. The van der Waals surface area contributed by atoms with Crippen molar-refractivity contribution in [1.29, 1.82) is 0 Å². The van der Waals surface area contributed by atoms with Crippen LogP contribution in [0, 0.1) is 5.92 Å². The highest BCUT2D eigenvalue weighted by Gasteiger charge is 1.95. The molecule has 0 spiro atoms. The van der Waals surface area contributed by atoms with Crippen LogP contribution in [0.3, 0.4) is 0 Å². The summed E-state index contributed by atoms with van der Waals surface area (Å²) in [6, 6.07) is 6.34. The van der Waals surface area contributed by atoms with Crippen molar-refractivity contribution in [3.05, 3.63) is 36.0 Å². The molecule has 0 atom stereocenters. The predicted molar refractivity (Wildman–Crippen MR) is 64.6 cm³/mol. The lowest BCUT2D eigenvalue weighted by molar-refractivity contribution is 0.665. The molecule has 0 saturated heterocycles. The molecular weight excluding hydrogens is 184 g/mol. The summed E-state index contributed by atoms with van der Waals surface area (Å²) in [5.74, 6) is 0.720. The van der Waals surface area contributed by atoms with Gasteiger partial charge in [-0.3, -0.25) is 5.10 Å². The summed E-state index contributed by atoms with van der Waals surface area (Å²) in [5.41, 5.74) is 2.33. The highest BCUT2D eigenvalue weighted by atomic mass is 15.1. The molecule has 0 aliphatic carbocycles. The minimum atomic E-state index is 0.720. The molecule has 1 aromatic heterocycles. The van der Waals surface area contributed by atoms with E-state index in [1.54, 1.807) is 0 Å². The molecule has 0 radical (unpaired) electrons. The van der Waals surface area contributed by atoms with Crippen molar-refractivity contribution in [1.82, 2.24) is 10.2 Å². The summed E-state index contributed by atoms with van der Waals surface area (Å²) in [6.45, 7) is 4.45. The first kappa shape index (κ1) is 9.97. The molecule has 2 nitrogen and oxygen atoms in total. The molecule has 1 heterocycles. The molecule has 2 rings (SSSR count). The van der Waals surface area contributed by atoms with Gasteiger partial charge in [0.2, 0.25) is 0 Å². The van der Waals surface area contributed by atoms with Gasteiger partial charge in [0.25, 0.3) is 0 Å². The number of nitrogens with one attached hydrogen (secondary N) is 1. The van der Waals surface area contributed by atoms with Crippen LogP contribution >= 0.6 is 0 Å². The number of nitrogens with zero attached hydrogens (tertiary/aromatic N) is 1. The van der Waals surface area contributed by atoms with E-state index in [2.05, 4.69) is 54.4 Å². The van der Waals surface area contributed by atoms with E-state index in [1.807, 2.05) is 6.20 Å². The van der Waals surface area contributed by atoms with Gasteiger partial charge in [-0.1, -0.05) is 38.1 Å². The molecule has 0 bridgehead atoms. The van der Waals surface area contributed by atoms with Crippen LogP contribution in [-0.4, -0.2) is 10.2 Å². The van der Waals surface area contributed by atoms with E-state index in [4.69, 9.17) is 0 Å². The van der Waals surface area contributed by atoms with E-state index in [1.165, 1.54) is 5.56 Å². The molecule has 1 aromatic carbocycles. The molecule has 0 aliphatic heterocycles. The van der Waals surface area contributed by atoms with Gasteiger partial charge in [-0.25, -0.2) is 0 Å². The maximum atomic E-state index is 4.00. The second-order valence-electron chi connectivity index (χ2n) is 4.25. The summed E-state index contributed by atoms with van der Waals surface area (Å²) in [4.78, 5) is 0. The number of rotatable bonds is 3. The molecular formula is C13H16N2. The van der Waals surface area contributed by atoms with Crippen LogP contribution < -0.4 is 0 Å². The number of hydrogen-bond acceptors (Lipinski definition) is 1. The molecule has 2 heteroatoms. The second-order valence-corrected chi connectivity index (χ2v) is 4.25. The largest absolute Gasteiger partial charge is 0.278 e. The Morgan fingerprint density at radius 1 is 1.40 bits per heavy atom. The number of H-pyrrole nitrogens is 1. The molecule has 0 fully saturated rings. The van der Waals surface area contributed by atoms with Crippen LogP contribution in [0.1, 0.15) is 25.8 Å². The van der Waals surface area contributed by atoms with Crippen molar-refractivity contribution < 1.29 is 0 Å². The SMILES string of the molecule is CC(C)C/C=C/c1ccc2cn[nH]c2c1. The van der Waals surface area contributed by atoms with E-state index < -0.39 is 0 Å². The maximum absolute atomic E-state index is 4.00. The normalized spacial score (nSPS) is 11.9. The van der Waals surface area contributed by atoms with Crippen LogP contribution in [0.25, 0.3) is 17.0 Å². The molecule has 0 saturated carbocycles. The second kappa shape index (κ2) is 4.30. The Bertz CT molecular complexity index is 466. The lowest BCUT2D eigenvalue weighted by atomic mass is 10.1. The van der Waals surface area contributed by atoms with Crippen molar-refractivity contribution in [3.8, 4) is 0 Å². The minimum Gasteiger partial charge on any atom is -0.278 e. The third-order valence-corrected chi connectivity index (χ3v) is 2.38. The Labute approximate surface area is 90.0 Å². The Balaban J connectivity index is 2.17. The molecule has 0 unspecified atom stereocenters. The first-order valence-corrected chi connectivity index (χ1v) is 5.35. The molecule has 2 aromatic rings. The van der Waals surface area contributed by atoms with Gasteiger partial charge in [0.15, 0.2) is 0 Å². The van der Waals surface area contributed by atoms with Gasteiger partial charge in [-0.2, -0.15) is 5.10 Å². The Morgan fingerprint density at radius 2 is 2.27 bits per heavy atom. The summed E-state index contributed by atoms with van der Waals surface area (Å²) in [5, 5.41) is 8.14. The third kappa shape index (κ3) is 2.46. The first-order chi connectivity index (χ1) is 7.25. The van der Waals surface area contributed by atoms with E-state index in [-0.39, 0.29) is 0 Å². The predicted octanol–water partition coefficient (Wildman–Crippen LogP) is 3.62. The average Bonchev–Trinajstić information content (AvgIpc) is 2.64. The van der Waals surface area contributed by atoms with Gasteiger partial charge >= 0.3 is 0 Å². The first-order valence-electron chi connectivity index (χ1n) is 5.35. The summed E-state index contributed by atoms with van der Waals surface area (Å²) < 4.78 is 0. The fraction of sp³-hybridized carbons (Fsp3) is 0.308. The number of aromatic amines is 1. The smallest absolute Gasteiger partial charge is 0.0656 e. The molecule has 78 valence electrons. The van der Waals surface area contributed by atoms with Crippen molar-refractivity contribution in [3.63, 3.8) is 0 Å². The van der Waals surface area contributed by atoms with Crippen molar-refractivity contribution in [2.24, 2.45) is 5.92 Å². The quantitative estimate of drug-likeness (QED) is 0.805. The Morgan fingerprint density at radius 3 is 3.07 bits per heavy atom. The van der Waals surface area contributed by atoms with Crippen LogP contribution in [0.4, 0.5) is 0 Å². The maximum Gasteiger partial charge on any atom is 0.0656 e. The Kier molecular flexibility index (Phi) is 2.86. The van der Waals surface area contributed by atoms with Gasteiger partial charge in [-0.05, 0) is 24.0 Å². The van der Waals surface area contributed by atoms with Crippen molar-refractivity contribution in [2.45, 2.75) is 20.3 Å². The number of benzene rings is 1. The van der Waals surface area contributed by atoms with Crippen LogP contribution in [0.15, 0.2) is 30.5 Å². The van der Waals surface area contributed by atoms with E-state index in [0.717, 1.165) is 23.2 Å². The standard InChI is InChI=1S/C13H16N2/c1-10(2)4-3-5-11-6-7-12-9-14-15-13(12)8-11/h3,5-10H,4H2,1-2H3,(H,14,15)/b5-3+.